The number of benzene rings is 1. The summed E-state index contributed by atoms with van der Waals surface area (Å²) in [5.74, 6) is 0.0629. The summed E-state index contributed by atoms with van der Waals surface area (Å²) < 4.78 is 48.1. The maximum Gasteiger partial charge on any atom is 0.408 e. The van der Waals surface area contributed by atoms with E-state index in [1.807, 2.05) is 0 Å². The minimum absolute atomic E-state index is 0.105. The summed E-state index contributed by atoms with van der Waals surface area (Å²) >= 11 is 0. The number of halogens is 3. The molecule has 2 aliphatic heterocycles. The fourth-order valence-corrected chi connectivity index (χ4v) is 3.99. The Morgan fingerprint density at radius 1 is 1.19 bits per heavy atom. The lowest BCUT2D eigenvalue weighted by atomic mass is 10.1. The average molecular weight is 440 g/mol. The molecule has 11 heteroatoms. The molecule has 1 fully saturated rings. The highest BCUT2D eigenvalue weighted by molar-refractivity contribution is 5.47. The Balaban J connectivity index is 1.73. The Labute approximate surface area is 176 Å². The number of rotatable bonds is 4. The lowest BCUT2D eigenvalue weighted by Gasteiger charge is -2.40. The van der Waals surface area contributed by atoms with Crippen molar-refractivity contribution in [2.45, 2.75) is 31.3 Å². The van der Waals surface area contributed by atoms with Crippen LogP contribution in [0.15, 0.2) is 35.1 Å². The Bertz CT molecular complexity index is 991. The molecule has 0 radical (unpaired) electrons. The van der Waals surface area contributed by atoms with Crippen LogP contribution in [0, 0.1) is 0 Å². The highest BCUT2D eigenvalue weighted by Gasteiger charge is 2.47. The molecule has 0 spiro atoms. The van der Waals surface area contributed by atoms with Crippen LogP contribution in [0.3, 0.4) is 0 Å². The summed E-state index contributed by atoms with van der Waals surface area (Å²) in [5.41, 5.74) is -0.173. The number of aromatic hydroxyl groups is 1. The van der Waals surface area contributed by atoms with E-state index in [9.17, 15) is 28.2 Å². The van der Waals surface area contributed by atoms with Crippen LogP contribution < -0.4 is 15.4 Å². The molecule has 0 aliphatic carbocycles. The molecule has 2 aliphatic rings. The van der Waals surface area contributed by atoms with E-state index in [0.29, 0.717) is 32.1 Å². The minimum atomic E-state index is -4.57. The maximum atomic E-state index is 13.9. The summed E-state index contributed by atoms with van der Waals surface area (Å²) in [7, 11) is 0. The largest absolute Gasteiger partial charge is 0.508 e. The van der Waals surface area contributed by atoms with Gasteiger partial charge >= 0.3 is 6.18 Å². The van der Waals surface area contributed by atoms with Gasteiger partial charge in [-0.1, -0.05) is 12.1 Å². The normalized spacial score (nSPS) is 20.5. The molecular weight excluding hydrogens is 417 g/mol. The molecule has 1 aromatic heterocycles. The second-order valence-corrected chi connectivity index (χ2v) is 7.61. The number of anilines is 2. The number of β-amino-alcohol motifs (C(OH)–C–C–N with tert-alkyl or cyclic N) is 1. The molecule has 1 saturated heterocycles. The number of nitrogens with zero attached hydrogens (tertiary/aromatic N) is 4. The molecule has 0 saturated carbocycles. The number of phenolic OH excluding ortho intramolecular Hbond substituents is 1. The molecule has 8 nitrogen and oxygen atoms in total. The van der Waals surface area contributed by atoms with Gasteiger partial charge in [0.05, 0.1) is 25.9 Å². The van der Waals surface area contributed by atoms with Crippen LogP contribution in [-0.4, -0.2) is 64.8 Å². The molecule has 0 unspecified atom stereocenters. The number of phenols is 1. The van der Waals surface area contributed by atoms with Gasteiger partial charge in [0.1, 0.15) is 17.6 Å². The number of fused-ring (bicyclic) bond motifs is 1. The Morgan fingerprint density at radius 3 is 2.61 bits per heavy atom. The Hall–Kier alpha value is -2.79. The smallest absolute Gasteiger partial charge is 0.408 e. The van der Waals surface area contributed by atoms with Gasteiger partial charge in [0.25, 0.3) is 5.56 Å². The number of hydrogen-bond donors (Lipinski definition) is 2. The van der Waals surface area contributed by atoms with Crippen molar-refractivity contribution in [2.75, 3.05) is 42.6 Å². The van der Waals surface area contributed by atoms with Crippen molar-refractivity contribution in [1.82, 2.24) is 9.55 Å². The first-order chi connectivity index (χ1) is 14.7. The van der Waals surface area contributed by atoms with Gasteiger partial charge < -0.3 is 24.7 Å². The van der Waals surface area contributed by atoms with Crippen LogP contribution >= 0.6 is 0 Å². The van der Waals surface area contributed by atoms with Crippen molar-refractivity contribution in [3.05, 3.63) is 46.2 Å². The lowest BCUT2D eigenvalue weighted by Crippen LogP contribution is -2.53. The zero-order valence-corrected chi connectivity index (χ0v) is 16.6. The van der Waals surface area contributed by atoms with Crippen molar-refractivity contribution in [1.29, 1.82) is 0 Å². The topological polar surface area (TPSA) is 91.1 Å². The predicted molar refractivity (Wildman–Crippen MR) is 106 cm³/mol. The first-order valence-electron chi connectivity index (χ1n) is 9.99. The molecule has 2 atom stereocenters. The zero-order chi connectivity index (χ0) is 22.2. The number of ether oxygens (including phenoxy) is 1. The maximum absolute atomic E-state index is 13.9. The van der Waals surface area contributed by atoms with Crippen LogP contribution in [0.4, 0.5) is 24.9 Å². The highest BCUT2D eigenvalue weighted by Crippen LogP contribution is 2.35. The van der Waals surface area contributed by atoms with Gasteiger partial charge in [-0.05, 0) is 24.1 Å². The Morgan fingerprint density at radius 2 is 1.94 bits per heavy atom. The molecule has 168 valence electrons. The SMILES string of the molecule is O=c1cc(N2CCOCC2)nc2n1CC[C@@H](C(F)(F)F)N2C[C@@H](O)c1cccc(O)c1. The standard InChI is InChI=1S/C20H23F3N4O4/c21-20(22,23)16-4-5-26-18(30)11-17(25-6-8-31-9-7-25)24-19(26)27(16)12-15(29)13-2-1-3-14(28)10-13/h1-3,10-11,15-16,28-29H,4-9,12H2/t15-,16+/m1/s1. The van der Waals surface area contributed by atoms with Gasteiger partial charge in [-0.25, -0.2) is 0 Å². The summed E-state index contributed by atoms with van der Waals surface area (Å²) in [6.45, 7) is 1.27. The molecular formula is C20H23F3N4O4. The highest BCUT2D eigenvalue weighted by atomic mass is 19.4. The van der Waals surface area contributed by atoms with Gasteiger partial charge in [0.15, 0.2) is 0 Å². The summed E-state index contributed by atoms with van der Waals surface area (Å²) in [4.78, 5) is 19.8. The van der Waals surface area contributed by atoms with E-state index in [-0.39, 0.29) is 30.2 Å². The van der Waals surface area contributed by atoms with Crippen LogP contribution in [0.2, 0.25) is 0 Å². The number of hydrogen-bond acceptors (Lipinski definition) is 7. The minimum Gasteiger partial charge on any atom is -0.508 e. The van der Waals surface area contributed by atoms with E-state index in [1.54, 1.807) is 4.90 Å². The van der Waals surface area contributed by atoms with Gasteiger partial charge in [-0.3, -0.25) is 9.36 Å². The fourth-order valence-electron chi connectivity index (χ4n) is 3.99. The van der Waals surface area contributed by atoms with E-state index < -0.39 is 30.4 Å². The first-order valence-corrected chi connectivity index (χ1v) is 9.99. The second kappa shape index (κ2) is 8.39. The van der Waals surface area contributed by atoms with E-state index in [2.05, 4.69) is 4.98 Å². The van der Waals surface area contributed by atoms with Crippen molar-refractivity contribution in [3.8, 4) is 5.75 Å². The van der Waals surface area contributed by atoms with Crippen LogP contribution in [-0.2, 0) is 11.3 Å². The third-order valence-corrected chi connectivity index (χ3v) is 5.57. The summed E-state index contributed by atoms with van der Waals surface area (Å²) in [6.07, 6.45) is -6.23. The number of aromatic nitrogens is 2. The number of alkyl halides is 3. The molecule has 0 bridgehead atoms. The van der Waals surface area contributed by atoms with Crippen molar-refractivity contribution < 1.29 is 28.1 Å². The van der Waals surface area contributed by atoms with Crippen LogP contribution in [0.1, 0.15) is 18.1 Å². The van der Waals surface area contributed by atoms with Gasteiger partial charge in [0.2, 0.25) is 5.95 Å². The van der Waals surface area contributed by atoms with E-state index in [1.165, 1.54) is 34.9 Å². The van der Waals surface area contributed by atoms with Crippen molar-refractivity contribution in [2.24, 2.45) is 0 Å². The van der Waals surface area contributed by atoms with Gasteiger partial charge in [0, 0.05) is 25.7 Å². The van der Waals surface area contributed by atoms with Crippen molar-refractivity contribution in [3.63, 3.8) is 0 Å². The van der Waals surface area contributed by atoms with E-state index in [0.717, 1.165) is 4.90 Å². The number of morpholine rings is 1. The summed E-state index contributed by atoms with van der Waals surface area (Å²) in [5, 5.41) is 20.3. The molecule has 3 heterocycles. The van der Waals surface area contributed by atoms with Gasteiger partial charge in [-0.2, -0.15) is 18.2 Å². The molecule has 2 N–H and O–H groups in total. The average Bonchev–Trinajstić information content (AvgIpc) is 2.73. The van der Waals surface area contributed by atoms with Gasteiger partial charge in [-0.15, -0.1) is 0 Å². The number of aliphatic hydroxyl groups is 1. The number of aliphatic hydroxyl groups excluding tert-OH is 1. The molecule has 2 aromatic rings. The lowest BCUT2D eigenvalue weighted by molar-refractivity contribution is -0.153. The third kappa shape index (κ3) is 4.47. The monoisotopic (exact) mass is 440 g/mol. The van der Waals surface area contributed by atoms with Crippen LogP contribution in [0.5, 0.6) is 5.75 Å². The second-order valence-electron chi connectivity index (χ2n) is 7.61. The molecule has 31 heavy (non-hydrogen) atoms. The molecule has 1 aromatic carbocycles. The van der Waals surface area contributed by atoms with E-state index >= 15 is 0 Å². The predicted octanol–water partition coefficient (Wildman–Crippen LogP) is 1.66. The van der Waals surface area contributed by atoms with Crippen molar-refractivity contribution >= 4 is 11.8 Å². The van der Waals surface area contributed by atoms with E-state index in [4.69, 9.17) is 4.74 Å². The first kappa shape index (κ1) is 21.4. The molecule has 4 rings (SSSR count). The third-order valence-electron chi connectivity index (χ3n) is 5.57. The molecule has 0 amide bonds. The zero-order valence-electron chi connectivity index (χ0n) is 16.6. The van der Waals surface area contributed by atoms with Crippen LogP contribution in [0.25, 0.3) is 0 Å². The summed E-state index contributed by atoms with van der Waals surface area (Å²) in [6, 6.07) is 5.14. The fraction of sp³-hybridized carbons (Fsp3) is 0.500. The Kier molecular flexibility index (Phi) is 5.80. The quantitative estimate of drug-likeness (QED) is 0.747.